The number of carbonyl (C=O) groups excluding carboxylic acids is 1. The summed E-state index contributed by atoms with van der Waals surface area (Å²) in [5.41, 5.74) is 5.13. The van der Waals surface area contributed by atoms with Crippen molar-refractivity contribution in [2.24, 2.45) is 0 Å². The fraction of sp³-hybridized carbons (Fsp3) is 0.381. The first-order valence-electron chi connectivity index (χ1n) is 9.51. The Kier molecular flexibility index (Phi) is 5.17. The molecule has 1 saturated heterocycles. The zero-order valence-electron chi connectivity index (χ0n) is 16.3. The van der Waals surface area contributed by atoms with E-state index in [-0.39, 0.29) is 11.8 Å². The van der Waals surface area contributed by atoms with Crippen LogP contribution in [0.1, 0.15) is 51.2 Å². The standard InChI is InChI=1S/C21H23N5OS/c1-13-6-4-7-16(10-13)18-11-22-15(3)23-19(18)17-8-5-9-26(12-17)21(27)20-14(2)24-25-28-20/h4,6-7,10-11,17H,5,8-9,12H2,1-3H3/t17-/m1/s1. The van der Waals surface area contributed by atoms with E-state index < -0.39 is 0 Å². The first kappa shape index (κ1) is 18.7. The fourth-order valence-corrected chi connectivity index (χ4v) is 4.41. The minimum atomic E-state index is 0.0279. The number of carbonyl (C=O) groups is 1. The van der Waals surface area contributed by atoms with Crippen LogP contribution >= 0.6 is 11.5 Å². The van der Waals surface area contributed by atoms with Crippen LogP contribution in [0.4, 0.5) is 0 Å². The van der Waals surface area contributed by atoms with Crippen molar-refractivity contribution in [3.05, 3.63) is 58.1 Å². The van der Waals surface area contributed by atoms with Gasteiger partial charge < -0.3 is 4.90 Å². The van der Waals surface area contributed by atoms with Gasteiger partial charge in [-0.15, -0.1) is 5.10 Å². The molecule has 3 heterocycles. The second-order valence-corrected chi connectivity index (χ2v) is 8.12. The van der Waals surface area contributed by atoms with Crippen LogP contribution in [0.3, 0.4) is 0 Å². The van der Waals surface area contributed by atoms with Gasteiger partial charge in [-0.1, -0.05) is 34.3 Å². The zero-order chi connectivity index (χ0) is 19.7. The van der Waals surface area contributed by atoms with Crippen molar-refractivity contribution in [2.45, 2.75) is 39.5 Å². The van der Waals surface area contributed by atoms with Gasteiger partial charge in [-0.05, 0) is 50.7 Å². The van der Waals surface area contributed by atoms with E-state index in [0.29, 0.717) is 17.1 Å². The number of rotatable bonds is 3. The average Bonchev–Trinajstić information content (AvgIpc) is 3.13. The molecule has 1 atom stereocenters. The molecule has 1 fully saturated rings. The molecule has 144 valence electrons. The molecule has 0 unspecified atom stereocenters. The lowest BCUT2D eigenvalue weighted by Crippen LogP contribution is -2.39. The molecule has 7 heteroatoms. The smallest absolute Gasteiger partial charge is 0.267 e. The van der Waals surface area contributed by atoms with Crippen molar-refractivity contribution in [2.75, 3.05) is 13.1 Å². The Hall–Kier alpha value is -2.67. The van der Waals surface area contributed by atoms with E-state index in [1.165, 1.54) is 17.1 Å². The van der Waals surface area contributed by atoms with Gasteiger partial charge in [0.25, 0.3) is 5.91 Å². The topological polar surface area (TPSA) is 71.9 Å². The quantitative estimate of drug-likeness (QED) is 0.674. The largest absolute Gasteiger partial charge is 0.337 e. The van der Waals surface area contributed by atoms with Gasteiger partial charge in [0, 0.05) is 30.8 Å². The van der Waals surface area contributed by atoms with Crippen LogP contribution in [0.2, 0.25) is 0 Å². The molecule has 6 nitrogen and oxygen atoms in total. The Morgan fingerprint density at radius 2 is 2.11 bits per heavy atom. The van der Waals surface area contributed by atoms with E-state index in [9.17, 15) is 4.79 Å². The van der Waals surface area contributed by atoms with Gasteiger partial charge in [0.1, 0.15) is 10.7 Å². The van der Waals surface area contributed by atoms with Crippen LogP contribution in [0.15, 0.2) is 30.5 Å². The number of hydrogen-bond donors (Lipinski definition) is 0. The molecule has 0 N–H and O–H groups in total. The summed E-state index contributed by atoms with van der Waals surface area (Å²) < 4.78 is 3.91. The van der Waals surface area contributed by atoms with E-state index in [1.54, 1.807) is 0 Å². The summed E-state index contributed by atoms with van der Waals surface area (Å²) in [5, 5.41) is 3.98. The monoisotopic (exact) mass is 393 g/mol. The molecule has 1 amide bonds. The summed E-state index contributed by atoms with van der Waals surface area (Å²) in [5.74, 6) is 0.980. The Bertz CT molecular complexity index is 1020. The van der Waals surface area contributed by atoms with E-state index >= 15 is 0 Å². The van der Waals surface area contributed by atoms with Crippen molar-refractivity contribution < 1.29 is 4.79 Å². The van der Waals surface area contributed by atoms with Gasteiger partial charge in [0.05, 0.1) is 11.4 Å². The minimum absolute atomic E-state index is 0.0279. The van der Waals surface area contributed by atoms with Crippen molar-refractivity contribution in [3.63, 3.8) is 0 Å². The van der Waals surface area contributed by atoms with Crippen molar-refractivity contribution in [1.82, 2.24) is 24.5 Å². The lowest BCUT2D eigenvalue weighted by atomic mass is 9.89. The molecule has 3 aromatic rings. The highest BCUT2D eigenvalue weighted by Gasteiger charge is 2.30. The molecular formula is C21H23N5OS. The molecule has 1 aliphatic heterocycles. The van der Waals surface area contributed by atoms with Gasteiger partial charge >= 0.3 is 0 Å². The number of likely N-dealkylation sites (tertiary alicyclic amines) is 1. The van der Waals surface area contributed by atoms with Crippen LogP contribution in [0.25, 0.3) is 11.1 Å². The first-order valence-corrected chi connectivity index (χ1v) is 10.3. The third-order valence-electron chi connectivity index (χ3n) is 5.21. The van der Waals surface area contributed by atoms with Crippen LogP contribution in [0.5, 0.6) is 0 Å². The maximum atomic E-state index is 12.9. The van der Waals surface area contributed by atoms with E-state index in [4.69, 9.17) is 4.98 Å². The maximum absolute atomic E-state index is 12.9. The molecule has 0 bridgehead atoms. The third kappa shape index (κ3) is 3.67. The highest BCUT2D eigenvalue weighted by atomic mass is 32.1. The van der Waals surface area contributed by atoms with E-state index in [1.807, 2.05) is 24.9 Å². The number of benzene rings is 1. The molecule has 1 aromatic carbocycles. The summed E-state index contributed by atoms with van der Waals surface area (Å²) in [7, 11) is 0. The Labute approximate surface area is 168 Å². The SMILES string of the molecule is Cc1cccc(-c2cnc(C)nc2[C@@H]2CCCN(C(=O)c3snnc3C)C2)c1. The predicted octanol–water partition coefficient (Wildman–Crippen LogP) is 3.94. The van der Waals surface area contributed by atoms with E-state index in [2.05, 4.69) is 45.8 Å². The summed E-state index contributed by atoms with van der Waals surface area (Å²) in [6.07, 6.45) is 3.89. The normalized spacial score (nSPS) is 17.0. The zero-order valence-corrected chi connectivity index (χ0v) is 17.2. The van der Waals surface area contributed by atoms with Crippen LogP contribution in [-0.4, -0.2) is 43.5 Å². The molecule has 28 heavy (non-hydrogen) atoms. The number of aromatic nitrogens is 4. The molecule has 4 rings (SSSR count). The highest BCUT2D eigenvalue weighted by molar-refractivity contribution is 7.07. The molecule has 0 radical (unpaired) electrons. The Morgan fingerprint density at radius 1 is 1.25 bits per heavy atom. The number of aryl methyl sites for hydroxylation is 3. The molecular weight excluding hydrogens is 370 g/mol. The molecule has 0 saturated carbocycles. The number of nitrogens with zero attached hydrogens (tertiary/aromatic N) is 5. The predicted molar refractivity (Wildman–Crippen MR) is 109 cm³/mol. The molecule has 0 aliphatic carbocycles. The fourth-order valence-electron chi connectivity index (χ4n) is 3.79. The van der Waals surface area contributed by atoms with E-state index in [0.717, 1.165) is 42.0 Å². The van der Waals surface area contributed by atoms with Crippen molar-refractivity contribution in [3.8, 4) is 11.1 Å². The average molecular weight is 394 g/mol. The van der Waals surface area contributed by atoms with Crippen LogP contribution in [0, 0.1) is 20.8 Å². The van der Waals surface area contributed by atoms with Crippen molar-refractivity contribution >= 4 is 17.4 Å². The minimum Gasteiger partial charge on any atom is -0.337 e. The number of piperidine rings is 1. The Balaban J connectivity index is 1.66. The van der Waals surface area contributed by atoms with Crippen molar-refractivity contribution in [1.29, 1.82) is 0 Å². The number of hydrogen-bond acceptors (Lipinski definition) is 6. The summed E-state index contributed by atoms with van der Waals surface area (Å²) in [6.45, 7) is 7.26. The molecule has 1 aliphatic rings. The second-order valence-electron chi connectivity index (χ2n) is 7.36. The van der Waals surface area contributed by atoms with Gasteiger partial charge in [-0.3, -0.25) is 4.79 Å². The molecule has 2 aromatic heterocycles. The van der Waals surface area contributed by atoms with Gasteiger partial charge in [-0.25, -0.2) is 9.97 Å². The second kappa shape index (κ2) is 7.75. The van der Waals surface area contributed by atoms with Gasteiger partial charge in [0.2, 0.25) is 0 Å². The summed E-state index contributed by atoms with van der Waals surface area (Å²) >= 11 is 1.17. The maximum Gasteiger partial charge on any atom is 0.267 e. The van der Waals surface area contributed by atoms with Crippen LogP contribution < -0.4 is 0 Å². The highest BCUT2D eigenvalue weighted by Crippen LogP contribution is 2.34. The molecule has 0 spiro atoms. The van der Waals surface area contributed by atoms with Gasteiger partial charge in [-0.2, -0.15) is 0 Å². The third-order valence-corrected chi connectivity index (χ3v) is 6.02. The first-order chi connectivity index (χ1) is 13.5. The number of amides is 1. The summed E-state index contributed by atoms with van der Waals surface area (Å²) in [6, 6.07) is 8.41. The summed E-state index contributed by atoms with van der Waals surface area (Å²) in [4.78, 5) is 24.8. The van der Waals surface area contributed by atoms with Gasteiger partial charge in [0.15, 0.2) is 0 Å². The lowest BCUT2D eigenvalue weighted by Gasteiger charge is -2.33. The lowest BCUT2D eigenvalue weighted by molar-refractivity contribution is 0.0710. The van der Waals surface area contributed by atoms with Crippen LogP contribution in [-0.2, 0) is 0 Å². The Morgan fingerprint density at radius 3 is 2.86 bits per heavy atom.